The molecule has 7 nitrogen and oxygen atoms in total. The molecule has 4 heterocycles. The molecule has 2 fully saturated rings. The molecule has 2 amide bonds. The molecule has 1 aromatic rings. The second-order valence-corrected chi connectivity index (χ2v) is 8.47. The van der Waals surface area contributed by atoms with E-state index in [-0.39, 0.29) is 17.9 Å². The van der Waals surface area contributed by atoms with Gasteiger partial charge in [0.1, 0.15) is 5.60 Å². The molecule has 2 bridgehead atoms. The van der Waals surface area contributed by atoms with E-state index in [1.165, 1.54) is 0 Å². The SMILES string of the molecule is Cc1cc(CN(C)C(=O)[C@@H]2[C@@H]3C=C[C@@]4(CN(CCC(C)C)C(=O)[C@@H]24)O3)on1. The summed E-state index contributed by atoms with van der Waals surface area (Å²) in [4.78, 5) is 29.8. The van der Waals surface area contributed by atoms with Gasteiger partial charge >= 0.3 is 0 Å². The zero-order valence-corrected chi connectivity index (χ0v) is 16.3. The van der Waals surface area contributed by atoms with Crippen molar-refractivity contribution in [3.8, 4) is 0 Å². The lowest BCUT2D eigenvalue weighted by Crippen LogP contribution is -2.44. The molecule has 0 N–H and O–H groups in total. The zero-order chi connectivity index (χ0) is 19.3. The third-order valence-corrected chi connectivity index (χ3v) is 5.89. The molecular formula is C20H27N3O4. The Labute approximate surface area is 159 Å². The fourth-order valence-corrected chi connectivity index (χ4v) is 4.52. The van der Waals surface area contributed by atoms with Crippen LogP contribution in [0.5, 0.6) is 0 Å². The van der Waals surface area contributed by atoms with Crippen LogP contribution in [0, 0.1) is 24.7 Å². The minimum Gasteiger partial charge on any atom is -0.360 e. The highest BCUT2D eigenvalue weighted by molar-refractivity contribution is 5.92. The number of amides is 2. The Kier molecular flexibility index (Phi) is 4.37. The van der Waals surface area contributed by atoms with Gasteiger partial charge < -0.3 is 19.1 Å². The number of hydrogen-bond donors (Lipinski definition) is 0. The summed E-state index contributed by atoms with van der Waals surface area (Å²) in [5.74, 6) is 0.229. The van der Waals surface area contributed by atoms with Crippen LogP contribution in [0.3, 0.4) is 0 Å². The first-order valence-corrected chi connectivity index (χ1v) is 9.64. The van der Waals surface area contributed by atoms with Gasteiger partial charge in [-0.15, -0.1) is 0 Å². The number of aromatic nitrogens is 1. The maximum Gasteiger partial charge on any atom is 0.230 e. The van der Waals surface area contributed by atoms with Crippen molar-refractivity contribution < 1.29 is 18.8 Å². The van der Waals surface area contributed by atoms with Crippen LogP contribution in [-0.2, 0) is 20.9 Å². The van der Waals surface area contributed by atoms with Gasteiger partial charge in [0.15, 0.2) is 5.76 Å². The number of aryl methyl sites for hydroxylation is 1. The minimum atomic E-state index is -0.636. The van der Waals surface area contributed by atoms with Gasteiger partial charge in [0, 0.05) is 19.7 Å². The highest BCUT2D eigenvalue weighted by atomic mass is 16.5. The Morgan fingerprint density at radius 1 is 1.48 bits per heavy atom. The lowest BCUT2D eigenvalue weighted by atomic mass is 9.76. The van der Waals surface area contributed by atoms with Crippen molar-refractivity contribution in [1.29, 1.82) is 0 Å². The predicted molar refractivity (Wildman–Crippen MR) is 97.5 cm³/mol. The molecular weight excluding hydrogens is 346 g/mol. The normalized spacial score (nSPS) is 31.2. The van der Waals surface area contributed by atoms with Crippen molar-refractivity contribution in [3.05, 3.63) is 29.7 Å². The van der Waals surface area contributed by atoms with E-state index in [1.807, 2.05) is 30.0 Å². The van der Waals surface area contributed by atoms with Crippen LogP contribution in [-0.4, -0.2) is 58.6 Å². The van der Waals surface area contributed by atoms with Crippen LogP contribution in [0.1, 0.15) is 31.7 Å². The number of carbonyl (C=O) groups is 2. The molecule has 0 radical (unpaired) electrons. The van der Waals surface area contributed by atoms with E-state index in [0.717, 1.165) is 12.1 Å². The average Bonchev–Trinajstić information content (AvgIpc) is 3.34. The van der Waals surface area contributed by atoms with Crippen LogP contribution < -0.4 is 0 Å². The quantitative estimate of drug-likeness (QED) is 0.711. The Balaban J connectivity index is 1.51. The van der Waals surface area contributed by atoms with Gasteiger partial charge in [-0.2, -0.15) is 0 Å². The van der Waals surface area contributed by atoms with Gasteiger partial charge in [0.05, 0.1) is 36.7 Å². The summed E-state index contributed by atoms with van der Waals surface area (Å²) in [7, 11) is 1.73. The highest BCUT2D eigenvalue weighted by Gasteiger charge is 2.66. The summed E-state index contributed by atoms with van der Waals surface area (Å²) in [6, 6.07) is 1.82. The zero-order valence-electron chi connectivity index (χ0n) is 16.3. The molecule has 4 atom stereocenters. The molecule has 3 aliphatic rings. The van der Waals surface area contributed by atoms with E-state index < -0.39 is 17.4 Å². The molecule has 0 aliphatic carbocycles. The largest absolute Gasteiger partial charge is 0.360 e. The fourth-order valence-electron chi connectivity index (χ4n) is 4.52. The Hall–Kier alpha value is -2.15. The second kappa shape index (κ2) is 6.48. The first-order chi connectivity index (χ1) is 12.8. The molecule has 27 heavy (non-hydrogen) atoms. The molecule has 3 aliphatic heterocycles. The van der Waals surface area contributed by atoms with E-state index in [2.05, 4.69) is 19.0 Å². The average molecular weight is 373 g/mol. The fraction of sp³-hybridized carbons (Fsp3) is 0.650. The maximum absolute atomic E-state index is 13.2. The predicted octanol–water partition coefficient (Wildman–Crippen LogP) is 1.77. The number of nitrogens with zero attached hydrogens (tertiary/aromatic N) is 3. The standard InChI is InChI=1S/C20H27N3O4/c1-12(2)6-8-23-11-20-7-5-15(26-20)16(17(20)19(23)25)18(24)22(4)10-14-9-13(3)21-27-14/h5,7,9,12,15-17H,6,8,10-11H2,1-4H3/t15-,16+,17+,20-/m0/s1. The Bertz CT molecular complexity index is 786. The maximum atomic E-state index is 13.2. The smallest absolute Gasteiger partial charge is 0.230 e. The highest BCUT2D eigenvalue weighted by Crippen LogP contribution is 2.52. The van der Waals surface area contributed by atoms with Crippen molar-refractivity contribution in [1.82, 2.24) is 15.0 Å². The topological polar surface area (TPSA) is 75.9 Å². The van der Waals surface area contributed by atoms with Gasteiger partial charge in [0.2, 0.25) is 11.8 Å². The number of ether oxygens (including phenoxy) is 1. The molecule has 4 rings (SSSR count). The van der Waals surface area contributed by atoms with Gasteiger partial charge in [0.25, 0.3) is 0 Å². The van der Waals surface area contributed by atoms with Crippen molar-refractivity contribution >= 4 is 11.8 Å². The summed E-state index contributed by atoms with van der Waals surface area (Å²) in [6.45, 7) is 7.73. The van der Waals surface area contributed by atoms with Crippen LogP contribution in [0.25, 0.3) is 0 Å². The summed E-state index contributed by atoms with van der Waals surface area (Å²) >= 11 is 0. The number of carbonyl (C=O) groups excluding carboxylic acids is 2. The lowest BCUT2D eigenvalue weighted by molar-refractivity contribution is -0.142. The van der Waals surface area contributed by atoms with E-state index in [9.17, 15) is 9.59 Å². The summed E-state index contributed by atoms with van der Waals surface area (Å²) in [5, 5.41) is 3.86. The number of fused-ring (bicyclic) bond motifs is 1. The molecule has 2 saturated heterocycles. The monoisotopic (exact) mass is 373 g/mol. The van der Waals surface area contributed by atoms with Gasteiger partial charge in [-0.3, -0.25) is 9.59 Å². The molecule has 1 aromatic heterocycles. The van der Waals surface area contributed by atoms with Crippen molar-refractivity contribution in [2.75, 3.05) is 20.1 Å². The molecule has 0 aromatic carbocycles. The van der Waals surface area contributed by atoms with E-state index >= 15 is 0 Å². The minimum absolute atomic E-state index is 0.0461. The van der Waals surface area contributed by atoms with Crippen LogP contribution >= 0.6 is 0 Å². The second-order valence-electron chi connectivity index (χ2n) is 8.47. The van der Waals surface area contributed by atoms with Crippen LogP contribution in [0.2, 0.25) is 0 Å². The molecule has 146 valence electrons. The Morgan fingerprint density at radius 2 is 2.26 bits per heavy atom. The molecule has 0 unspecified atom stereocenters. The molecule has 7 heteroatoms. The molecule has 1 spiro atoms. The third kappa shape index (κ3) is 2.98. The first-order valence-electron chi connectivity index (χ1n) is 9.64. The number of rotatable bonds is 6. The van der Waals surface area contributed by atoms with E-state index in [4.69, 9.17) is 9.26 Å². The lowest BCUT2D eigenvalue weighted by Gasteiger charge is -2.27. The van der Waals surface area contributed by atoms with Crippen LogP contribution in [0.4, 0.5) is 0 Å². The van der Waals surface area contributed by atoms with Gasteiger partial charge in [-0.25, -0.2) is 0 Å². The number of hydrogen-bond acceptors (Lipinski definition) is 5. The van der Waals surface area contributed by atoms with E-state index in [0.29, 0.717) is 31.3 Å². The number of likely N-dealkylation sites (tertiary alicyclic amines) is 1. The van der Waals surface area contributed by atoms with Crippen LogP contribution in [0.15, 0.2) is 22.7 Å². The van der Waals surface area contributed by atoms with Crippen molar-refractivity contribution in [2.45, 2.75) is 45.4 Å². The summed E-state index contributed by atoms with van der Waals surface area (Å²) in [6.07, 6.45) is 4.58. The van der Waals surface area contributed by atoms with Crippen molar-refractivity contribution in [2.24, 2.45) is 17.8 Å². The van der Waals surface area contributed by atoms with Gasteiger partial charge in [-0.1, -0.05) is 31.2 Å². The van der Waals surface area contributed by atoms with Crippen molar-refractivity contribution in [3.63, 3.8) is 0 Å². The summed E-state index contributed by atoms with van der Waals surface area (Å²) < 4.78 is 11.4. The first kappa shape index (κ1) is 18.2. The Morgan fingerprint density at radius 3 is 2.93 bits per heavy atom. The molecule has 0 saturated carbocycles. The third-order valence-electron chi connectivity index (χ3n) is 5.89. The van der Waals surface area contributed by atoms with Gasteiger partial charge in [-0.05, 0) is 19.3 Å². The summed E-state index contributed by atoms with van der Waals surface area (Å²) in [5.41, 5.74) is 0.144. The van der Waals surface area contributed by atoms with E-state index in [1.54, 1.807) is 11.9 Å².